The fourth-order valence-corrected chi connectivity index (χ4v) is 2.28. The Kier molecular flexibility index (Phi) is 7.81. The zero-order valence-corrected chi connectivity index (χ0v) is 13.5. The monoisotopic (exact) mass is 314 g/mol. The van der Waals surface area contributed by atoms with E-state index in [0.29, 0.717) is 12.5 Å². The van der Waals surface area contributed by atoms with E-state index in [4.69, 9.17) is 14.9 Å². The van der Waals surface area contributed by atoms with Crippen molar-refractivity contribution < 1.29 is 14.9 Å². The Hall–Kier alpha value is -1.68. The van der Waals surface area contributed by atoms with Gasteiger partial charge >= 0.3 is 0 Å². The molecule has 0 unspecified atom stereocenters. The van der Waals surface area contributed by atoms with Crippen LogP contribution in [0, 0.1) is 0 Å². The summed E-state index contributed by atoms with van der Waals surface area (Å²) in [7, 11) is 0. The lowest BCUT2D eigenvalue weighted by Gasteiger charge is -2.05. The van der Waals surface area contributed by atoms with E-state index in [9.17, 15) is 0 Å². The molecule has 3 heteroatoms. The molecule has 3 rings (SSSR count). The molecule has 0 spiro atoms. The predicted molar refractivity (Wildman–Crippen MR) is 92.4 cm³/mol. The lowest BCUT2D eigenvalue weighted by molar-refractivity contribution is 0.0886. The van der Waals surface area contributed by atoms with Crippen molar-refractivity contribution in [3.05, 3.63) is 71.8 Å². The molecule has 1 heterocycles. The van der Waals surface area contributed by atoms with E-state index in [-0.39, 0.29) is 6.61 Å². The molecule has 1 fully saturated rings. The van der Waals surface area contributed by atoms with Crippen LogP contribution in [0.2, 0.25) is 0 Å². The lowest BCUT2D eigenvalue weighted by atomic mass is 10.1. The van der Waals surface area contributed by atoms with Crippen molar-refractivity contribution in [3.8, 4) is 0 Å². The standard InChI is InChI=1S/C10H14O2.C10H12O/c11-8-10(12)7-6-9-4-2-1-3-5-9;1-2-4-9(5-3-1)6-7-10-8-11-10/h1-5,10-12H,6-8H2;1-5,10H,6-8H2/t2*10-/m00/s1. The fraction of sp³-hybridized carbons (Fsp3) is 0.400. The molecular formula is C20H26O3. The highest BCUT2D eigenvalue weighted by molar-refractivity contribution is 5.15. The Labute approximate surface area is 138 Å². The number of aliphatic hydroxyl groups excluding tert-OH is 2. The van der Waals surface area contributed by atoms with E-state index >= 15 is 0 Å². The third-order valence-electron chi connectivity index (χ3n) is 3.82. The van der Waals surface area contributed by atoms with Gasteiger partial charge in [0.15, 0.2) is 0 Å². The minimum absolute atomic E-state index is 0.146. The fourth-order valence-electron chi connectivity index (χ4n) is 2.28. The van der Waals surface area contributed by atoms with Crippen LogP contribution in [-0.4, -0.2) is 35.6 Å². The molecule has 0 amide bonds. The molecule has 0 bridgehead atoms. The van der Waals surface area contributed by atoms with Gasteiger partial charge in [0.05, 0.1) is 25.4 Å². The largest absolute Gasteiger partial charge is 0.394 e. The molecule has 2 aromatic rings. The molecule has 3 nitrogen and oxygen atoms in total. The van der Waals surface area contributed by atoms with Gasteiger partial charge in [-0.2, -0.15) is 0 Å². The second-order valence-corrected chi connectivity index (χ2v) is 5.84. The van der Waals surface area contributed by atoms with Crippen molar-refractivity contribution in [2.45, 2.75) is 37.9 Å². The lowest BCUT2D eigenvalue weighted by Crippen LogP contribution is -2.12. The zero-order valence-electron chi connectivity index (χ0n) is 13.5. The SMILES string of the molecule is OC[C@@H](O)CCc1ccccc1.c1ccc(CC[C@H]2CO2)cc1. The smallest absolute Gasteiger partial charge is 0.0813 e. The second kappa shape index (κ2) is 10.2. The van der Waals surface area contributed by atoms with Crippen molar-refractivity contribution in [2.24, 2.45) is 0 Å². The van der Waals surface area contributed by atoms with Crippen LogP contribution in [0.15, 0.2) is 60.7 Å². The van der Waals surface area contributed by atoms with Gasteiger partial charge in [-0.25, -0.2) is 0 Å². The first-order valence-electron chi connectivity index (χ1n) is 8.26. The van der Waals surface area contributed by atoms with Crippen molar-refractivity contribution in [2.75, 3.05) is 13.2 Å². The summed E-state index contributed by atoms with van der Waals surface area (Å²) >= 11 is 0. The number of aryl methyl sites for hydroxylation is 2. The van der Waals surface area contributed by atoms with E-state index in [0.717, 1.165) is 19.4 Å². The summed E-state index contributed by atoms with van der Waals surface area (Å²) in [5.74, 6) is 0. The quantitative estimate of drug-likeness (QED) is 0.773. The molecule has 1 aliphatic rings. The zero-order chi connectivity index (χ0) is 16.3. The molecule has 2 N–H and O–H groups in total. The predicted octanol–water partition coefficient (Wildman–Crippen LogP) is 2.99. The van der Waals surface area contributed by atoms with Gasteiger partial charge in [0.2, 0.25) is 0 Å². The molecule has 0 aromatic heterocycles. The Balaban J connectivity index is 0.000000167. The minimum Gasteiger partial charge on any atom is -0.394 e. The number of epoxide rings is 1. The molecule has 0 saturated carbocycles. The topological polar surface area (TPSA) is 53.0 Å². The number of rotatable bonds is 7. The first-order chi connectivity index (χ1) is 11.3. The molecule has 2 atom stereocenters. The number of hydrogen-bond acceptors (Lipinski definition) is 3. The van der Waals surface area contributed by atoms with E-state index in [1.165, 1.54) is 17.5 Å². The maximum Gasteiger partial charge on any atom is 0.0813 e. The summed E-state index contributed by atoms with van der Waals surface area (Å²) in [6, 6.07) is 20.5. The van der Waals surface area contributed by atoms with Gasteiger partial charge in [-0.15, -0.1) is 0 Å². The van der Waals surface area contributed by atoms with Crippen LogP contribution >= 0.6 is 0 Å². The van der Waals surface area contributed by atoms with Crippen molar-refractivity contribution >= 4 is 0 Å². The first-order valence-corrected chi connectivity index (χ1v) is 8.26. The average molecular weight is 314 g/mol. The third-order valence-corrected chi connectivity index (χ3v) is 3.82. The van der Waals surface area contributed by atoms with Crippen molar-refractivity contribution in [1.82, 2.24) is 0 Å². The molecule has 0 aliphatic carbocycles. The summed E-state index contributed by atoms with van der Waals surface area (Å²) in [6.45, 7) is 0.833. The van der Waals surface area contributed by atoms with Crippen molar-refractivity contribution in [3.63, 3.8) is 0 Å². The van der Waals surface area contributed by atoms with Gasteiger partial charge in [0, 0.05) is 0 Å². The number of aliphatic hydroxyl groups is 2. The minimum atomic E-state index is -0.579. The molecule has 0 radical (unpaired) electrons. The van der Waals surface area contributed by atoms with Crippen LogP contribution in [0.5, 0.6) is 0 Å². The summed E-state index contributed by atoms with van der Waals surface area (Å²) in [5, 5.41) is 17.6. The van der Waals surface area contributed by atoms with Crippen LogP contribution in [-0.2, 0) is 17.6 Å². The Morgan fingerprint density at radius 1 is 0.913 bits per heavy atom. The molecule has 23 heavy (non-hydrogen) atoms. The highest BCUT2D eigenvalue weighted by atomic mass is 16.6. The molecule has 1 aliphatic heterocycles. The van der Waals surface area contributed by atoms with Gasteiger partial charge in [-0.05, 0) is 36.8 Å². The summed E-state index contributed by atoms with van der Waals surface area (Å²) in [5.41, 5.74) is 2.62. The summed E-state index contributed by atoms with van der Waals surface area (Å²) in [6.07, 6.45) is 3.78. The Morgan fingerprint density at radius 2 is 1.43 bits per heavy atom. The average Bonchev–Trinajstić information content (AvgIpc) is 3.45. The molecule has 2 aromatic carbocycles. The highest BCUT2D eigenvalue weighted by Gasteiger charge is 2.21. The van der Waals surface area contributed by atoms with Crippen LogP contribution in [0.4, 0.5) is 0 Å². The second-order valence-electron chi connectivity index (χ2n) is 5.84. The summed E-state index contributed by atoms with van der Waals surface area (Å²) < 4.78 is 5.13. The maximum absolute atomic E-state index is 9.07. The van der Waals surface area contributed by atoms with Crippen LogP contribution in [0.25, 0.3) is 0 Å². The molecular weight excluding hydrogens is 288 g/mol. The highest BCUT2D eigenvalue weighted by Crippen LogP contribution is 2.16. The van der Waals surface area contributed by atoms with E-state index in [1.807, 2.05) is 30.3 Å². The van der Waals surface area contributed by atoms with Crippen molar-refractivity contribution in [1.29, 1.82) is 0 Å². The van der Waals surface area contributed by atoms with E-state index in [1.54, 1.807) is 0 Å². The van der Waals surface area contributed by atoms with E-state index < -0.39 is 6.10 Å². The van der Waals surface area contributed by atoms with Gasteiger partial charge in [0.1, 0.15) is 0 Å². The maximum atomic E-state index is 9.07. The van der Waals surface area contributed by atoms with Gasteiger partial charge in [-0.3, -0.25) is 0 Å². The Bertz CT molecular complexity index is 523. The molecule has 124 valence electrons. The summed E-state index contributed by atoms with van der Waals surface area (Å²) in [4.78, 5) is 0. The van der Waals surface area contributed by atoms with Gasteiger partial charge in [-0.1, -0.05) is 60.7 Å². The van der Waals surface area contributed by atoms with Crippen LogP contribution in [0.3, 0.4) is 0 Å². The van der Waals surface area contributed by atoms with Crippen LogP contribution < -0.4 is 0 Å². The number of ether oxygens (including phenoxy) is 1. The molecule has 1 saturated heterocycles. The first kappa shape index (κ1) is 17.7. The van der Waals surface area contributed by atoms with Gasteiger partial charge in [0.25, 0.3) is 0 Å². The van der Waals surface area contributed by atoms with Crippen LogP contribution in [0.1, 0.15) is 24.0 Å². The Morgan fingerprint density at radius 3 is 1.91 bits per heavy atom. The normalized spacial score (nSPS) is 17.0. The van der Waals surface area contributed by atoms with Gasteiger partial charge < -0.3 is 14.9 Å². The van der Waals surface area contributed by atoms with E-state index in [2.05, 4.69) is 30.3 Å². The number of benzene rings is 2. The number of hydrogen-bond donors (Lipinski definition) is 2. The third kappa shape index (κ3) is 7.93.